The van der Waals surface area contributed by atoms with Crippen LogP contribution in [0.1, 0.15) is 52.9 Å². The van der Waals surface area contributed by atoms with Gasteiger partial charge in [0.1, 0.15) is 6.29 Å². The highest BCUT2D eigenvalue weighted by Crippen LogP contribution is 2.31. The molecule has 1 unspecified atom stereocenters. The Morgan fingerprint density at radius 1 is 1.12 bits per heavy atom. The number of hydrogen-bond acceptors (Lipinski definition) is 2. The highest BCUT2D eigenvalue weighted by Gasteiger charge is 2.32. The summed E-state index contributed by atoms with van der Waals surface area (Å²) in [7, 11) is -1.60. The average Bonchev–Trinajstić information content (AvgIpc) is 2.79. The second kappa shape index (κ2) is 6.77. The summed E-state index contributed by atoms with van der Waals surface area (Å²) in [4.78, 5) is 0. The molecule has 0 aromatic rings. The van der Waals surface area contributed by atoms with Gasteiger partial charge in [-0.2, -0.15) is 0 Å². The van der Waals surface area contributed by atoms with Crippen molar-refractivity contribution in [1.82, 2.24) is 0 Å². The van der Waals surface area contributed by atoms with Gasteiger partial charge in [-0.15, -0.1) is 0 Å². The Morgan fingerprint density at radius 2 is 1.62 bits per heavy atom. The van der Waals surface area contributed by atoms with E-state index in [0.717, 1.165) is 24.6 Å². The molecule has 96 valence electrons. The van der Waals surface area contributed by atoms with Gasteiger partial charge in [-0.05, 0) is 24.1 Å². The highest BCUT2D eigenvalue weighted by atomic mass is 28.4. The Labute approximate surface area is 102 Å². The lowest BCUT2D eigenvalue weighted by atomic mass is 10.0. The molecule has 3 heteroatoms. The van der Waals surface area contributed by atoms with Crippen LogP contribution in [0.5, 0.6) is 0 Å². The van der Waals surface area contributed by atoms with Gasteiger partial charge >= 0.3 is 0 Å². The zero-order valence-corrected chi connectivity index (χ0v) is 12.2. The number of aliphatic hydroxyl groups excluding tert-OH is 1. The SMILES string of the molecule is CC[Si](CC)(CC)OC(O)CC1CCCC1. The summed E-state index contributed by atoms with van der Waals surface area (Å²) in [5, 5.41) is 10.1. The van der Waals surface area contributed by atoms with Crippen LogP contribution in [-0.2, 0) is 4.43 Å². The molecule has 1 atom stereocenters. The number of rotatable bonds is 7. The van der Waals surface area contributed by atoms with Gasteiger partial charge < -0.3 is 9.53 Å². The Balaban J connectivity index is 2.38. The molecule has 1 saturated carbocycles. The van der Waals surface area contributed by atoms with Crippen LogP contribution in [0, 0.1) is 5.92 Å². The Bertz CT molecular complexity index is 178. The quantitative estimate of drug-likeness (QED) is 0.543. The third kappa shape index (κ3) is 3.86. The maximum Gasteiger partial charge on any atom is 0.195 e. The lowest BCUT2D eigenvalue weighted by Gasteiger charge is -2.31. The molecule has 1 aliphatic rings. The van der Waals surface area contributed by atoms with Crippen molar-refractivity contribution >= 4 is 8.32 Å². The Hall–Kier alpha value is 0.137. The fourth-order valence-electron chi connectivity index (χ4n) is 2.87. The van der Waals surface area contributed by atoms with E-state index in [0.29, 0.717) is 5.92 Å². The fraction of sp³-hybridized carbons (Fsp3) is 1.00. The monoisotopic (exact) mass is 244 g/mol. The van der Waals surface area contributed by atoms with Crippen molar-refractivity contribution < 1.29 is 9.53 Å². The molecule has 0 aromatic carbocycles. The smallest absolute Gasteiger partial charge is 0.195 e. The van der Waals surface area contributed by atoms with E-state index < -0.39 is 14.6 Å². The van der Waals surface area contributed by atoms with Gasteiger partial charge in [0.05, 0.1) is 0 Å². The first-order chi connectivity index (χ1) is 7.65. The molecule has 0 radical (unpaired) electrons. The third-order valence-electron chi connectivity index (χ3n) is 4.33. The molecule has 16 heavy (non-hydrogen) atoms. The van der Waals surface area contributed by atoms with Crippen molar-refractivity contribution in [3.05, 3.63) is 0 Å². The molecule has 0 spiro atoms. The van der Waals surface area contributed by atoms with Gasteiger partial charge in [-0.1, -0.05) is 46.5 Å². The minimum atomic E-state index is -1.60. The molecule has 0 amide bonds. The molecule has 0 aliphatic heterocycles. The first kappa shape index (κ1) is 14.2. The third-order valence-corrected chi connectivity index (χ3v) is 8.97. The second-order valence-electron chi connectivity index (χ2n) is 5.20. The van der Waals surface area contributed by atoms with Crippen LogP contribution in [0.15, 0.2) is 0 Å². The summed E-state index contributed by atoms with van der Waals surface area (Å²) in [5.74, 6) is 0.715. The maximum absolute atomic E-state index is 10.1. The minimum absolute atomic E-state index is 0.491. The van der Waals surface area contributed by atoms with Gasteiger partial charge in [-0.25, -0.2) is 0 Å². The largest absolute Gasteiger partial charge is 0.392 e. The zero-order chi connectivity index (χ0) is 12.0. The van der Waals surface area contributed by atoms with Crippen LogP contribution < -0.4 is 0 Å². The van der Waals surface area contributed by atoms with E-state index in [1.807, 2.05) is 0 Å². The molecule has 1 N–H and O–H groups in total. The summed E-state index contributed by atoms with van der Waals surface area (Å²) >= 11 is 0. The summed E-state index contributed by atoms with van der Waals surface area (Å²) < 4.78 is 6.04. The normalized spacial score (nSPS) is 20.2. The average molecular weight is 244 g/mol. The molecular weight excluding hydrogens is 216 g/mol. The van der Waals surface area contributed by atoms with Crippen LogP contribution in [0.4, 0.5) is 0 Å². The van der Waals surface area contributed by atoms with Crippen LogP contribution in [0.25, 0.3) is 0 Å². The van der Waals surface area contributed by atoms with E-state index in [4.69, 9.17) is 4.43 Å². The van der Waals surface area contributed by atoms with E-state index in [1.54, 1.807) is 0 Å². The molecule has 2 nitrogen and oxygen atoms in total. The predicted molar refractivity (Wildman–Crippen MR) is 70.9 cm³/mol. The van der Waals surface area contributed by atoms with Crippen LogP contribution in [0.3, 0.4) is 0 Å². The van der Waals surface area contributed by atoms with Crippen molar-refractivity contribution in [2.75, 3.05) is 0 Å². The molecular formula is C13H28O2Si. The molecule has 0 saturated heterocycles. The molecule has 0 heterocycles. The maximum atomic E-state index is 10.1. The van der Waals surface area contributed by atoms with Gasteiger partial charge in [0.15, 0.2) is 8.32 Å². The van der Waals surface area contributed by atoms with Gasteiger partial charge in [0.25, 0.3) is 0 Å². The van der Waals surface area contributed by atoms with Crippen molar-refractivity contribution in [3.63, 3.8) is 0 Å². The Kier molecular flexibility index (Phi) is 6.01. The number of aliphatic hydroxyl groups is 1. The predicted octanol–water partition coefficient (Wildman–Crippen LogP) is 3.91. The molecule has 0 aromatic heterocycles. The Morgan fingerprint density at radius 3 is 2.06 bits per heavy atom. The first-order valence-electron chi connectivity index (χ1n) is 7.01. The number of hydrogen-bond donors (Lipinski definition) is 1. The van der Waals surface area contributed by atoms with E-state index >= 15 is 0 Å². The van der Waals surface area contributed by atoms with Gasteiger partial charge in [0.2, 0.25) is 0 Å². The zero-order valence-electron chi connectivity index (χ0n) is 11.2. The lowest BCUT2D eigenvalue weighted by molar-refractivity contribution is -0.0427. The molecule has 0 bridgehead atoms. The van der Waals surface area contributed by atoms with E-state index in [9.17, 15) is 5.11 Å². The van der Waals surface area contributed by atoms with Crippen molar-refractivity contribution in [2.45, 2.75) is 77.3 Å². The summed E-state index contributed by atoms with van der Waals surface area (Å²) in [6.45, 7) is 6.63. The van der Waals surface area contributed by atoms with E-state index in [1.165, 1.54) is 25.7 Å². The molecule has 1 rings (SSSR count). The standard InChI is InChI=1S/C13H28O2Si/c1-4-16(5-2,6-3)15-13(14)11-12-9-7-8-10-12/h12-14H,4-11H2,1-3H3. The van der Waals surface area contributed by atoms with Crippen molar-refractivity contribution in [2.24, 2.45) is 5.92 Å². The van der Waals surface area contributed by atoms with E-state index in [2.05, 4.69) is 20.8 Å². The van der Waals surface area contributed by atoms with E-state index in [-0.39, 0.29) is 0 Å². The highest BCUT2D eigenvalue weighted by molar-refractivity contribution is 6.73. The summed E-state index contributed by atoms with van der Waals surface area (Å²) in [6, 6.07) is 3.38. The topological polar surface area (TPSA) is 29.5 Å². The lowest BCUT2D eigenvalue weighted by Crippen LogP contribution is -2.40. The summed E-state index contributed by atoms with van der Waals surface area (Å²) in [6.07, 6.45) is 5.65. The van der Waals surface area contributed by atoms with Gasteiger partial charge in [-0.3, -0.25) is 0 Å². The minimum Gasteiger partial charge on any atom is -0.392 e. The van der Waals surface area contributed by atoms with Gasteiger partial charge in [0, 0.05) is 6.42 Å². The van der Waals surface area contributed by atoms with Crippen LogP contribution in [-0.4, -0.2) is 19.7 Å². The van der Waals surface area contributed by atoms with Crippen LogP contribution >= 0.6 is 0 Å². The van der Waals surface area contributed by atoms with Crippen molar-refractivity contribution in [1.29, 1.82) is 0 Å². The molecule has 1 aliphatic carbocycles. The fourth-order valence-corrected chi connectivity index (χ4v) is 5.54. The summed E-state index contributed by atoms with van der Waals surface area (Å²) in [5.41, 5.74) is 0. The molecule has 1 fully saturated rings. The second-order valence-corrected chi connectivity index (χ2v) is 9.93. The van der Waals surface area contributed by atoms with Crippen LogP contribution in [0.2, 0.25) is 18.1 Å². The first-order valence-corrected chi connectivity index (χ1v) is 9.54. The van der Waals surface area contributed by atoms with Crippen molar-refractivity contribution in [3.8, 4) is 0 Å².